The summed E-state index contributed by atoms with van der Waals surface area (Å²) in [7, 11) is 0. The Hall–Kier alpha value is -1.90. The van der Waals surface area contributed by atoms with E-state index in [1.807, 2.05) is 0 Å². The van der Waals surface area contributed by atoms with Crippen molar-refractivity contribution in [3.63, 3.8) is 0 Å². The van der Waals surface area contributed by atoms with E-state index in [4.69, 9.17) is 9.97 Å². The number of nitrogens with one attached hydrogen (secondary N) is 1. The van der Waals surface area contributed by atoms with Gasteiger partial charge >= 0.3 is 0 Å². The Bertz CT molecular complexity index is 607. The fourth-order valence-corrected chi connectivity index (χ4v) is 2.69. The highest BCUT2D eigenvalue weighted by molar-refractivity contribution is 5.46. The van der Waals surface area contributed by atoms with Crippen LogP contribution in [-0.4, -0.2) is 16.5 Å². The lowest BCUT2D eigenvalue weighted by Crippen LogP contribution is -2.21. The average Bonchev–Trinajstić information content (AvgIpc) is 2.46. The number of aromatic nitrogens is 2. The van der Waals surface area contributed by atoms with Crippen molar-refractivity contribution in [1.29, 1.82) is 0 Å². The van der Waals surface area contributed by atoms with Crippen molar-refractivity contribution in [2.24, 2.45) is 0 Å². The molecular weight excluding hydrogens is 246 g/mol. The van der Waals surface area contributed by atoms with Crippen LogP contribution in [0, 0.1) is 0 Å². The summed E-state index contributed by atoms with van der Waals surface area (Å²) in [6, 6.07) is 10.7. The SMILES string of the molecule is CCCNc1cc(CC)nc(C2Cc3ccccc32)n1. The standard InChI is InChI=1S/C17H21N3/c1-3-9-18-16-11-13(4-2)19-17(20-16)15-10-12-7-5-6-8-14(12)15/h5-8,11,15H,3-4,9-10H2,1-2H3,(H,18,19,20). The Morgan fingerprint density at radius 3 is 2.80 bits per heavy atom. The Kier molecular flexibility index (Phi) is 3.68. The van der Waals surface area contributed by atoms with Gasteiger partial charge < -0.3 is 5.32 Å². The van der Waals surface area contributed by atoms with E-state index < -0.39 is 0 Å². The summed E-state index contributed by atoms with van der Waals surface area (Å²) in [5.74, 6) is 2.32. The molecule has 104 valence electrons. The molecule has 1 aromatic carbocycles. The number of rotatable bonds is 5. The van der Waals surface area contributed by atoms with Crippen LogP contribution in [0.2, 0.25) is 0 Å². The fourth-order valence-electron chi connectivity index (χ4n) is 2.69. The van der Waals surface area contributed by atoms with Crippen LogP contribution in [0.25, 0.3) is 0 Å². The van der Waals surface area contributed by atoms with E-state index in [9.17, 15) is 0 Å². The summed E-state index contributed by atoms with van der Waals surface area (Å²) < 4.78 is 0. The van der Waals surface area contributed by atoms with Gasteiger partial charge in [0, 0.05) is 24.2 Å². The van der Waals surface area contributed by atoms with Gasteiger partial charge in [-0.1, -0.05) is 38.1 Å². The van der Waals surface area contributed by atoms with Crippen molar-refractivity contribution < 1.29 is 0 Å². The van der Waals surface area contributed by atoms with Crippen molar-refractivity contribution in [2.75, 3.05) is 11.9 Å². The lowest BCUT2D eigenvalue weighted by molar-refractivity contribution is 0.654. The molecule has 0 fully saturated rings. The molecule has 0 aliphatic heterocycles. The van der Waals surface area contributed by atoms with E-state index in [1.165, 1.54) is 11.1 Å². The molecule has 1 unspecified atom stereocenters. The highest BCUT2D eigenvalue weighted by Gasteiger charge is 2.29. The van der Waals surface area contributed by atoms with Crippen LogP contribution in [-0.2, 0) is 12.8 Å². The third-order valence-electron chi connectivity index (χ3n) is 3.88. The van der Waals surface area contributed by atoms with Crippen LogP contribution in [0.1, 0.15) is 48.8 Å². The van der Waals surface area contributed by atoms with Gasteiger partial charge in [-0.3, -0.25) is 0 Å². The molecule has 0 saturated heterocycles. The molecule has 1 aliphatic carbocycles. The molecule has 2 aromatic rings. The van der Waals surface area contributed by atoms with Gasteiger partial charge in [-0.05, 0) is 30.4 Å². The lowest BCUT2D eigenvalue weighted by Gasteiger charge is -2.29. The maximum absolute atomic E-state index is 4.73. The summed E-state index contributed by atoms with van der Waals surface area (Å²) in [6.45, 7) is 5.27. The van der Waals surface area contributed by atoms with Gasteiger partial charge in [-0.15, -0.1) is 0 Å². The number of nitrogens with zero attached hydrogens (tertiary/aromatic N) is 2. The zero-order chi connectivity index (χ0) is 13.9. The van der Waals surface area contributed by atoms with E-state index in [-0.39, 0.29) is 0 Å². The summed E-state index contributed by atoms with van der Waals surface area (Å²) in [5.41, 5.74) is 3.95. The highest BCUT2D eigenvalue weighted by Crippen LogP contribution is 2.38. The first-order chi connectivity index (χ1) is 9.81. The number of benzene rings is 1. The second kappa shape index (κ2) is 5.61. The van der Waals surface area contributed by atoms with E-state index in [2.05, 4.69) is 49.5 Å². The minimum Gasteiger partial charge on any atom is -0.370 e. The molecule has 1 aromatic heterocycles. The average molecular weight is 267 g/mol. The Morgan fingerprint density at radius 1 is 1.20 bits per heavy atom. The largest absolute Gasteiger partial charge is 0.370 e. The number of hydrogen-bond acceptors (Lipinski definition) is 3. The molecular formula is C17H21N3. The van der Waals surface area contributed by atoms with Crippen LogP contribution in [0.5, 0.6) is 0 Å². The predicted molar refractivity (Wildman–Crippen MR) is 82.2 cm³/mol. The van der Waals surface area contributed by atoms with Gasteiger partial charge in [0.1, 0.15) is 11.6 Å². The van der Waals surface area contributed by atoms with Crippen molar-refractivity contribution >= 4 is 5.82 Å². The third kappa shape index (κ3) is 2.40. The minimum absolute atomic E-state index is 0.375. The summed E-state index contributed by atoms with van der Waals surface area (Å²) in [6.07, 6.45) is 3.12. The van der Waals surface area contributed by atoms with Crippen molar-refractivity contribution in [2.45, 2.75) is 39.0 Å². The molecule has 0 bridgehead atoms. The maximum Gasteiger partial charge on any atom is 0.138 e. The summed E-state index contributed by atoms with van der Waals surface area (Å²) in [4.78, 5) is 9.45. The second-order valence-electron chi connectivity index (χ2n) is 5.34. The van der Waals surface area contributed by atoms with E-state index in [1.54, 1.807) is 0 Å². The quantitative estimate of drug-likeness (QED) is 0.900. The second-order valence-corrected chi connectivity index (χ2v) is 5.34. The van der Waals surface area contributed by atoms with Crippen LogP contribution in [0.4, 0.5) is 5.82 Å². The molecule has 3 heteroatoms. The molecule has 3 nitrogen and oxygen atoms in total. The zero-order valence-corrected chi connectivity index (χ0v) is 12.2. The first-order valence-electron chi connectivity index (χ1n) is 7.51. The van der Waals surface area contributed by atoms with Gasteiger partial charge in [0.05, 0.1) is 0 Å². The molecule has 1 N–H and O–H groups in total. The van der Waals surface area contributed by atoms with Crippen LogP contribution in [0.15, 0.2) is 30.3 Å². The van der Waals surface area contributed by atoms with Crippen molar-refractivity contribution in [3.8, 4) is 0 Å². The van der Waals surface area contributed by atoms with Gasteiger partial charge in [-0.2, -0.15) is 0 Å². The molecule has 0 saturated carbocycles. The molecule has 0 spiro atoms. The molecule has 1 aliphatic rings. The van der Waals surface area contributed by atoms with E-state index in [0.29, 0.717) is 5.92 Å². The molecule has 0 amide bonds. The first kappa shape index (κ1) is 13.1. The molecule has 0 radical (unpaired) electrons. The van der Waals surface area contributed by atoms with Crippen LogP contribution in [0.3, 0.4) is 0 Å². The lowest BCUT2D eigenvalue weighted by atomic mass is 9.77. The molecule has 3 rings (SSSR count). The molecule has 1 heterocycles. The number of fused-ring (bicyclic) bond motifs is 1. The number of hydrogen-bond donors (Lipinski definition) is 1. The predicted octanol–water partition coefficient (Wildman–Crippen LogP) is 3.55. The monoisotopic (exact) mass is 267 g/mol. The van der Waals surface area contributed by atoms with E-state index in [0.717, 1.165) is 43.1 Å². The summed E-state index contributed by atoms with van der Waals surface area (Å²) in [5, 5.41) is 3.39. The van der Waals surface area contributed by atoms with Crippen LogP contribution >= 0.6 is 0 Å². The van der Waals surface area contributed by atoms with Gasteiger partial charge in [0.2, 0.25) is 0 Å². The zero-order valence-electron chi connectivity index (χ0n) is 12.2. The smallest absolute Gasteiger partial charge is 0.138 e. The van der Waals surface area contributed by atoms with Crippen LogP contribution < -0.4 is 5.32 Å². The van der Waals surface area contributed by atoms with Crippen molar-refractivity contribution in [1.82, 2.24) is 9.97 Å². The van der Waals surface area contributed by atoms with Crippen molar-refractivity contribution in [3.05, 3.63) is 53.0 Å². The number of anilines is 1. The first-order valence-corrected chi connectivity index (χ1v) is 7.51. The fraction of sp³-hybridized carbons (Fsp3) is 0.412. The highest BCUT2D eigenvalue weighted by atomic mass is 15.0. The van der Waals surface area contributed by atoms with Gasteiger partial charge in [0.25, 0.3) is 0 Å². The Balaban J connectivity index is 1.90. The third-order valence-corrected chi connectivity index (χ3v) is 3.88. The van der Waals surface area contributed by atoms with E-state index >= 15 is 0 Å². The molecule has 20 heavy (non-hydrogen) atoms. The Morgan fingerprint density at radius 2 is 2.05 bits per heavy atom. The maximum atomic E-state index is 4.73. The normalized spacial score (nSPS) is 16.4. The number of aryl methyl sites for hydroxylation is 1. The molecule has 1 atom stereocenters. The van der Waals surface area contributed by atoms with Gasteiger partial charge in [-0.25, -0.2) is 9.97 Å². The minimum atomic E-state index is 0.375. The Labute approximate surface area is 120 Å². The topological polar surface area (TPSA) is 37.8 Å². The summed E-state index contributed by atoms with van der Waals surface area (Å²) >= 11 is 0. The van der Waals surface area contributed by atoms with Gasteiger partial charge in [0.15, 0.2) is 0 Å².